The number of hydrogen-bond donors (Lipinski definition) is 2. The maximum absolute atomic E-state index is 10.3. The number of allylic oxidation sites excluding steroid dienone is 4. The van der Waals surface area contributed by atoms with Crippen LogP contribution in [-0.4, -0.2) is 14.2 Å². The van der Waals surface area contributed by atoms with Gasteiger partial charge < -0.3 is 5.32 Å². The number of nitrogens with one attached hydrogen (secondary N) is 1. The molecule has 0 unspecified atom stereocenters. The molecule has 1 heterocycles. The molecule has 0 aliphatic carbocycles. The summed E-state index contributed by atoms with van der Waals surface area (Å²) >= 11 is 0. The molecule has 0 radical (unpaired) electrons. The Labute approximate surface area is 67.1 Å². The molecule has 0 atom stereocenters. The van der Waals surface area contributed by atoms with Gasteiger partial charge in [-0.2, -0.15) is 0 Å². The van der Waals surface area contributed by atoms with Crippen molar-refractivity contribution in [2.45, 2.75) is 0 Å². The SMILES string of the molecule is O=[SH](=O)CC1=CC=CC=CN1. The van der Waals surface area contributed by atoms with Crippen LogP contribution in [-0.2, 0) is 10.7 Å². The van der Waals surface area contributed by atoms with Crippen molar-refractivity contribution >= 4 is 10.7 Å². The Morgan fingerprint density at radius 2 is 2.09 bits per heavy atom. The van der Waals surface area contributed by atoms with E-state index in [2.05, 4.69) is 5.32 Å². The zero-order valence-corrected chi connectivity index (χ0v) is 6.75. The number of thiol groups is 1. The lowest BCUT2D eigenvalue weighted by Gasteiger charge is -1.98. The smallest absolute Gasteiger partial charge is 0.145 e. The van der Waals surface area contributed by atoms with Gasteiger partial charge in [-0.3, -0.25) is 0 Å². The van der Waals surface area contributed by atoms with Gasteiger partial charge in [0, 0.05) is 11.9 Å². The summed E-state index contributed by atoms with van der Waals surface area (Å²) in [5.41, 5.74) is 0.700. The minimum atomic E-state index is -2.33. The van der Waals surface area contributed by atoms with Crippen LogP contribution in [0, 0.1) is 0 Å². The van der Waals surface area contributed by atoms with Crippen LogP contribution in [0.2, 0.25) is 0 Å². The molecular formula is C7H9NO2S. The second-order valence-electron chi connectivity index (χ2n) is 2.07. The Balaban J connectivity index is 2.65. The zero-order valence-electron chi connectivity index (χ0n) is 5.86. The highest BCUT2D eigenvalue weighted by atomic mass is 32.2. The Morgan fingerprint density at radius 3 is 2.82 bits per heavy atom. The lowest BCUT2D eigenvalue weighted by atomic mass is 10.4. The van der Waals surface area contributed by atoms with Crippen molar-refractivity contribution in [3.63, 3.8) is 0 Å². The Bertz CT molecular complexity index is 279. The molecular weight excluding hydrogens is 162 g/mol. The first-order valence-electron chi connectivity index (χ1n) is 3.20. The van der Waals surface area contributed by atoms with E-state index in [4.69, 9.17) is 0 Å². The first kappa shape index (κ1) is 8.07. The Kier molecular flexibility index (Phi) is 2.92. The molecule has 1 aliphatic rings. The third-order valence-corrected chi connectivity index (χ3v) is 1.78. The van der Waals surface area contributed by atoms with Crippen LogP contribution >= 0.6 is 0 Å². The second-order valence-corrected chi connectivity index (χ2v) is 3.05. The quantitative estimate of drug-likeness (QED) is 0.581. The molecule has 0 aromatic heterocycles. The average Bonchev–Trinajstić information content (AvgIpc) is 2.14. The van der Waals surface area contributed by atoms with E-state index in [0.29, 0.717) is 5.70 Å². The third kappa shape index (κ3) is 3.04. The van der Waals surface area contributed by atoms with Crippen LogP contribution in [0.15, 0.2) is 36.2 Å². The van der Waals surface area contributed by atoms with Crippen molar-refractivity contribution in [2.75, 3.05) is 5.75 Å². The van der Waals surface area contributed by atoms with Gasteiger partial charge in [-0.25, -0.2) is 8.42 Å². The average molecular weight is 171 g/mol. The van der Waals surface area contributed by atoms with Crippen LogP contribution in [0.5, 0.6) is 0 Å². The van der Waals surface area contributed by atoms with Crippen molar-refractivity contribution in [3.05, 3.63) is 36.2 Å². The fourth-order valence-corrected chi connectivity index (χ4v) is 1.21. The lowest BCUT2D eigenvalue weighted by Crippen LogP contribution is -2.08. The minimum absolute atomic E-state index is 0.0734. The number of hydrogen-bond acceptors (Lipinski definition) is 3. The predicted octanol–water partition coefficient (Wildman–Crippen LogP) is 0.155. The first-order valence-corrected chi connectivity index (χ1v) is 4.56. The molecule has 1 aliphatic heterocycles. The molecule has 1 N–H and O–H groups in total. The zero-order chi connectivity index (χ0) is 8.10. The van der Waals surface area contributed by atoms with Crippen LogP contribution in [0.25, 0.3) is 0 Å². The van der Waals surface area contributed by atoms with Gasteiger partial charge >= 0.3 is 0 Å². The largest absolute Gasteiger partial charge is 0.364 e. The topological polar surface area (TPSA) is 46.2 Å². The normalized spacial score (nSPS) is 15.9. The highest BCUT2D eigenvalue weighted by Crippen LogP contribution is 1.95. The van der Waals surface area contributed by atoms with E-state index in [1.165, 1.54) is 0 Å². The fraction of sp³-hybridized carbons (Fsp3) is 0.143. The van der Waals surface area contributed by atoms with Gasteiger partial charge in [-0.1, -0.05) is 12.2 Å². The van der Waals surface area contributed by atoms with Crippen LogP contribution in [0.1, 0.15) is 0 Å². The molecule has 11 heavy (non-hydrogen) atoms. The van der Waals surface area contributed by atoms with E-state index in [0.717, 1.165) is 0 Å². The fourth-order valence-electron chi connectivity index (χ4n) is 0.732. The van der Waals surface area contributed by atoms with Crippen molar-refractivity contribution in [1.82, 2.24) is 5.32 Å². The molecule has 0 fully saturated rings. The van der Waals surface area contributed by atoms with E-state index in [9.17, 15) is 8.42 Å². The summed E-state index contributed by atoms with van der Waals surface area (Å²) in [5.74, 6) is 0.0734. The van der Waals surface area contributed by atoms with E-state index < -0.39 is 10.7 Å². The van der Waals surface area contributed by atoms with Crippen molar-refractivity contribution < 1.29 is 8.42 Å². The molecule has 60 valence electrons. The van der Waals surface area contributed by atoms with Crippen LogP contribution < -0.4 is 5.32 Å². The van der Waals surface area contributed by atoms with Gasteiger partial charge in [0.1, 0.15) is 10.7 Å². The van der Waals surface area contributed by atoms with Gasteiger partial charge in [0.25, 0.3) is 0 Å². The van der Waals surface area contributed by atoms with Gasteiger partial charge in [-0.05, 0) is 12.2 Å². The highest BCUT2D eigenvalue weighted by molar-refractivity contribution is 7.72. The maximum Gasteiger partial charge on any atom is 0.145 e. The van der Waals surface area contributed by atoms with Gasteiger partial charge in [0.2, 0.25) is 0 Å². The van der Waals surface area contributed by atoms with Crippen molar-refractivity contribution in [2.24, 2.45) is 0 Å². The molecule has 0 saturated carbocycles. The minimum Gasteiger partial charge on any atom is -0.364 e. The molecule has 0 aromatic carbocycles. The third-order valence-electron chi connectivity index (χ3n) is 1.18. The first-order chi connectivity index (χ1) is 5.29. The summed E-state index contributed by atoms with van der Waals surface area (Å²) in [6.07, 6.45) is 8.88. The standard InChI is InChI=1S/C7H9NO2S/c9-11(10)6-7-4-2-1-3-5-8-7/h1-5,8,11H,6H2. The summed E-state index contributed by atoms with van der Waals surface area (Å²) < 4.78 is 20.6. The molecule has 4 heteroatoms. The number of rotatable bonds is 2. The molecule has 0 amide bonds. The van der Waals surface area contributed by atoms with Crippen molar-refractivity contribution in [1.29, 1.82) is 0 Å². The molecule has 0 spiro atoms. The molecule has 0 saturated heterocycles. The van der Waals surface area contributed by atoms with Crippen molar-refractivity contribution in [3.8, 4) is 0 Å². The van der Waals surface area contributed by atoms with E-state index in [-0.39, 0.29) is 5.75 Å². The molecule has 1 rings (SSSR count). The molecule has 0 bridgehead atoms. The monoisotopic (exact) mass is 171 g/mol. The van der Waals surface area contributed by atoms with Gasteiger partial charge in [0.15, 0.2) is 0 Å². The second kappa shape index (κ2) is 3.98. The van der Waals surface area contributed by atoms with E-state index >= 15 is 0 Å². The molecule has 3 nitrogen and oxygen atoms in total. The highest BCUT2D eigenvalue weighted by Gasteiger charge is 1.95. The van der Waals surface area contributed by atoms with Crippen LogP contribution in [0.4, 0.5) is 0 Å². The van der Waals surface area contributed by atoms with E-state index in [1.54, 1.807) is 24.4 Å². The Hall–Kier alpha value is -1.03. The molecule has 0 aromatic rings. The predicted molar refractivity (Wildman–Crippen MR) is 44.7 cm³/mol. The van der Waals surface area contributed by atoms with Gasteiger partial charge in [-0.15, -0.1) is 0 Å². The summed E-state index contributed by atoms with van der Waals surface area (Å²) in [6.45, 7) is 0. The van der Waals surface area contributed by atoms with Gasteiger partial charge in [0.05, 0.1) is 5.75 Å². The summed E-state index contributed by atoms with van der Waals surface area (Å²) in [7, 11) is -2.33. The summed E-state index contributed by atoms with van der Waals surface area (Å²) in [5, 5.41) is 2.85. The Morgan fingerprint density at radius 1 is 1.27 bits per heavy atom. The van der Waals surface area contributed by atoms with Crippen LogP contribution in [0.3, 0.4) is 0 Å². The lowest BCUT2D eigenvalue weighted by molar-refractivity contribution is 0.615. The summed E-state index contributed by atoms with van der Waals surface area (Å²) in [6, 6.07) is 0. The summed E-state index contributed by atoms with van der Waals surface area (Å²) in [4.78, 5) is 0. The maximum atomic E-state index is 10.3. The van der Waals surface area contributed by atoms with E-state index in [1.807, 2.05) is 6.08 Å².